The molecule has 2 unspecified atom stereocenters. The van der Waals surface area contributed by atoms with Crippen LogP contribution in [0.1, 0.15) is 77.6 Å². The standard InChI is InChI=1S/C17H32N2O/c1-14-9-5-3-6-10-15(14)19-16(20)13-17(18-2)11-7-4-8-12-17/h14-15,18H,3-13H2,1-2H3,(H,19,20). The number of hydrogen-bond acceptors (Lipinski definition) is 2. The minimum Gasteiger partial charge on any atom is -0.353 e. The Labute approximate surface area is 124 Å². The van der Waals surface area contributed by atoms with Gasteiger partial charge in [-0.05, 0) is 38.6 Å². The molecule has 116 valence electrons. The Morgan fingerprint density at radius 2 is 1.70 bits per heavy atom. The van der Waals surface area contributed by atoms with Crippen molar-refractivity contribution in [1.29, 1.82) is 0 Å². The van der Waals surface area contributed by atoms with Crippen molar-refractivity contribution in [3.8, 4) is 0 Å². The summed E-state index contributed by atoms with van der Waals surface area (Å²) in [5.41, 5.74) is 0.0658. The molecule has 2 rings (SSSR count). The van der Waals surface area contributed by atoms with Gasteiger partial charge in [0.15, 0.2) is 0 Å². The largest absolute Gasteiger partial charge is 0.353 e. The summed E-state index contributed by atoms with van der Waals surface area (Å²) < 4.78 is 0. The van der Waals surface area contributed by atoms with Crippen molar-refractivity contribution in [3.63, 3.8) is 0 Å². The molecule has 3 heteroatoms. The van der Waals surface area contributed by atoms with E-state index in [9.17, 15) is 4.79 Å². The van der Waals surface area contributed by atoms with Crippen molar-refractivity contribution in [2.45, 2.75) is 89.1 Å². The lowest BCUT2D eigenvalue weighted by Gasteiger charge is -2.37. The zero-order chi connectivity index (χ0) is 14.4. The molecule has 3 nitrogen and oxygen atoms in total. The average Bonchev–Trinajstić information content (AvgIpc) is 2.65. The summed E-state index contributed by atoms with van der Waals surface area (Å²) in [6.45, 7) is 2.30. The molecule has 2 aliphatic carbocycles. The third-order valence-corrected chi connectivity index (χ3v) is 5.55. The first-order valence-electron chi connectivity index (χ1n) is 8.63. The van der Waals surface area contributed by atoms with Crippen LogP contribution in [-0.2, 0) is 4.79 Å². The highest BCUT2D eigenvalue weighted by Crippen LogP contribution is 2.31. The number of rotatable bonds is 4. The Morgan fingerprint density at radius 1 is 1.05 bits per heavy atom. The predicted molar refractivity (Wildman–Crippen MR) is 83.7 cm³/mol. The Bertz CT molecular complexity index is 310. The summed E-state index contributed by atoms with van der Waals surface area (Å²) >= 11 is 0. The minimum absolute atomic E-state index is 0.0658. The third-order valence-electron chi connectivity index (χ3n) is 5.55. The van der Waals surface area contributed by atoms with E-state index in [4.69, 9.17) is 0 Å². The summed E-state index contributed by atoms with van der Waals surface area (Å²) in [7, 11) is 2.02. The molecule has 0 heterocycles. The van der Waals surface area contributed by atoms with E-state index in [1.807, 2.05) is 7.05 Å². The molecule has 2 saturated carbocycles. The predicted octanol–water partition coefficient (Wildman–Crippen LogP) is 3.38. The number of carbonyl (C=O) groups is 1. The van der Waals surface area contributed by atoms with E-state index in [1.165, 1.54) is 51.4 Å². The van der Waals surface area contributed by atoms with E-state index in [2.05, 4.69) is 17.6 Å². The van der Waals surface area contributed by atoms with Gasteiger partial charge in [0.05, 0.1) is 0 Å². The number of carbonyl (C=O) groups excluding carboxylic acids is 1. The van der Waals surface area contributed by atoms with E-state index in [0.717, 1.165) is 12.8 Å². The van der Waals surface area contributed by atoms with Crippen LogP contribution in [0.4, 0.5) is 0 Å². The fraction of sp³-hybridized carbons (Fsp3) is 0.941. The van der Waals surface area contributed by atoms with Gasteiger partial charge in [0.1, 0.15) is 0 Å². The normalized spacial score (nSPS) is 30.5. The first-order valence-corrected chi connectivity index (χ1v) is 8.63. The van der Waals surface area contributed by atoms with E-state index in [-0.39, 0.29) is 11.4 Å². The van der Waals surface area contributed by atoms with Crippen molar-refractivity contribution in [2.75, 3.05) is 7.05 Å². The molecule has 2 fully saturated rings. The Balaban J connectivity index is 1.87. The van der Waals surface area contributed by atoms with E-state index >= 15 is 0 Å². The zero-order valence-corrected chi connectivity index (χ0v) is 13.3. The van der Waals surface area contributed by atoms with Gasteiger partial charge in [-0.2, -0.15) is 0 Å². The first-order chi connectivity index (χ1) is 9.65. The first kappa shape index (κ1) is 15.8. The van der Waals surface area contributed by atoms with E-state index in [1.54, 1.807) is 0 Å². The van der Waals surface area contributed by atoms with Gasteiger partial charge in [-0.1, -0.05) is 45.4 Å². The van der Waals surface area contributed by atoms with Crippen molar-refractivity contribution >= 4 is 5.91 Å². The average molecular weight is 280 g/mol. The smallest absolute Gasteiger partial charge is 0.222 e. The number of amides is 1. The van der Waals surface area contributed by atoms with Crippen LogP contribution in [0.25, 0.3) is 0 Å². The van der Waals surface area contributed by atoms with Gasteiger partial charge in [-0.3, -0.25) is 4.79 Å². The molecule has 0 radical (unpaired) electrons. The molecular weight excluding hydrogens is 248 g/mol. The fourth-order valence-corrected chi connectivity index (χ4v) is 4.02. The fourth-order valence-electron chi connectivity index (χ4n) is 4.02. The summed E-state index contributed by atoms with van der Waals surface area (Å²) in [5, 5.41) is 6.78. The maximum atomic E-state index is 12.5. The number of nitrogens with one attached hydrogen (secondary N) is 2. The SMILES string of the molecule is CNC1(CC(=O)NC2CCCCCC2C)CCCCC1. The van der Waals surface area contributed by atoms with Crippen LogP contribution in [0.3, 0.4) is 0 Å². The molecule has 0 aromatic rings. The monoisotopic (exact) mass is 280 g/mol. The molecule has 0 aromatic heterocycles. The van der Waals surface area contributed by atoms with Crippen LogP contribution < -0.4 is 10.6 Å². The summed E-state index contributed by atoms with van der Waals surface area (Å²) in [6.07, 6.45) is 13.2. The third kappa shape index (κ3) is 4.21. The Morgan fingerprint density at radius 3 is 2.40 bits per heavy atom. The van der Waals surface area contributed by atoms with Crippen molar-refractivity contribution in [1.82, 2.24) is 10.6 Å². The molecule has 20 heavy (non-hydrogen) atoms. The van der Waals surface area contributed by atoms with Crippen LogP contribution >= 0.6 is 0 Å². The van der Waals surface area contributed by atoms with Gasteiger partial charge in [0.2, 0.25) is 5.91 Å². The Hall–Kier alpha value is -0.570. The van der Waals surface area contributed by atoms with Crippen LogP contribution in [0.15, 0.2) is 0 Å². The van der Waals surface area contributed by atoms with Gasteiger partial charge < -0.3 is 10.6 Å². The molecule has 0 spiro atoms. The van der Waals surface area contributed by atoms with Crippen LogP contribution in [0.5, 0.6) is 0 Å². The van der Waals surface area contributed by atoms with Crippen LogP contribution in [0, 0.1) is 5.92 Å². The summed E-state index contributed by atoms with van der Waals surface area (Å²) in [4.78, 5) is 12.5. The molecule has 2 aliphatic rings. The molecule has 2 atom stereocenters. The van der Waals surface area contributed by atoms with Gasteiger partial charge in [0, 0.05) is 18.0 Å². The van der Waals surface area contributed by atoms with Gasteiger partial charge in [-0.15, -0.1) is 0 Å². The second-order valence-electron chi connectivity index (χ2n) is 7.06. The zero-order valence-electron chi connectivity index (χ0n) is 13.3. The lowest BCUT2D eigenvalue weighted by Crippen LogP contribution is -2.50. The summed E-state index contributed by atoms with van der Waals surface area (Å²) in [5.74, 6) is 0.901. The molecule has 2 N–H and O–H groups in total. The molecule has 0 aromatic carbocycles. The van der Waals surface area contributed by atoms with Gasteiger partial charge in [-0.25, -0.2) is 0 Å². The van der Waals surface area contributed by atoms with Gasteiger partial charge >= 0.3 is 0 Å². The Kier molecular flexibility index (Phi) is 5.88. The quantitative estimate of drug-likeness (QED) is 0.775. The highest BCUT2D eigenvalue weighted by molar-refractivity contribution is 5.77. The van der Waals surface area contributed by atoms with Crippen LogP contribution in [0.2, 0.25) is 0 Å². The van der Waals surface area contributed by atoms with Crippen molar-refractivity contribution in [3.05, 3.63) is 0 Å². The number of hydrogen-bond donors (Lipinski definition) is 2. The second kappa shape index (κ2) is 7.44. The van der Waals surface area contributed by atoms with Crippen molar-refractivity contribution in [2.24, 2.45) is 5.92 Å². The molecule has 1 amide bonds. The lowest BCUT2D eigenvalue weighted by molar-refractivity contribution is -0.124. The second-order valence-corrected chi connectivity index (χ2v) is 7.06. The highest BCUT2D eigenvalue weighted by Gasteiger charge is 2.33. The molecular formula is C17H32N2O. The van der Waals surface area contributed by atoms with E-state index < -0.39 is 0 Å². The maximum absolute atomic E-state index is 12.5. The topological polar surface area (TPSA) is 41.1 Å². The molecule has 0 saturated heterocycles. The highest BCUT2D eigenvalue weighted by atomic mass is 16.1. The molecule has 0 aliphatic heterocycles. The molecule has 0 bridgehead atoms. The van der Waals surface area contributed by atoms with Crippen LogP contribution in [-0.4, -0.2) is 24.5 Å². The van der Waals surface area contributed by atoms with E-state index in [0.29, 0.717) is 18.4 Å². The van der Waals surface area contributed by atoms with Crippen molar-refractivity contribution < 1.29 is 4.79 Å². The lowest BCUT2D eigenvalue weighted by atomic mass is 9.79. The maximum Gasteiger partial charge on any atom is 0.222 e. The van der Waals surface area contributed by atoms with Gasteiger partial charge in [0.25, 0.3) is 0 Å². The summed E-state index contributed by atoms with van der Waals surface area (Å²) in [6, 6.07) is 0.405. The minimum atomic E-state index is 0.0658.